The molecule has 0 aliphatic rings. The predicted molar refractivity (Wildman–Crippen MR) is 43.1 cm³/mol. The molecule has 0 aromatic carbocycles. The zero-order valence-electron chi connectivity index (χ0n) is 7.25. The van der Waals surface area contributed by atoms with Gasteiger partial charge in [0, 0.05) is 31.6 Å². The standard InChI is InChI=1S/C6H13NO3Si/c1-8-5(11)6(4-7,9-2)10-3/h5H,1-3,11H3. The van der Waals surface area contributed by atoms with Crippen LogP contribution in [0.1, 0.15) is 0 Å². The molecule has 0 aliphatic heterocycles. The number of ether oxygens (including phenoxy) is 3. The van der Waals surface area contributed by atoms with Gasteiger partial charge in [-0.1, -0.05) is 0 Å². The minimum atomic E-state index is -1.22. The average Bonchev–Trinajstić information content (AvgIpc) is 2.08. The fraction of sp³-hybridized carbons (Fsp3) is 0.833. The molecule has 5 heteroatoms. The van der Waals surface area contributed by atoms with Crippen LogP contribution < -0.4 is 0 Å². The third kappa shape index (κ3) is 2.01. The van der Waals surface area contributed by atoms with Gasteiger partial charge in [0.1, 0.15) is 11.8 Å². The van der Waals surface area contributed by atoms with E-state index in [-0.39, 0.29) is 5.73 Å². The lowest BCUT2D eigenvalue weighted by atomic mass is 10.3. The molecule has 0 N–H and O–H groups in total. The minimum absolute atomic E-state index is 0.275. The Morgan fingerprint density at radius 3 is 1.91 bits per heavy atom. The summed E-state index contributed by atoms with van der Waals surface area (Å²) in [4.78, 5) is 0. The second kappa shape index (κ2) is 4.46. The van der Waals surface area contributed by atoms with E-state index in [1.165, 1.54) is 21.3 Å². The fourth-order valence-corrected chi connectivity index (χ4v) is 1.35. The van der Waals surface area contributed by atoms with Crippen LogP contribution in [0.15, 0.2) is 0 Å². The molecule has 0 saturated heterocycles. The van der Waals surface area contributed by atoms with Crippen molar-refractivity contribution in [1.29, 1.82) is 5.26 Å². The summed E-state index contributed by atoms with van der Waals surface area (Å²) >= 11 is 0. The summed E-state index contributed by atoms with van der Waals surface area (Å²) in [6.45, 7) is 0. The van der Waals surface area contributed by atoms with Crippen molar-refractivity contribution in [3.8, 4) is 6.07 Å². The Labute approximate surface area is 69.5 Å². The van der Waals surface area contributed by atoms with Gasteiger partial charge >= 0.3 is 0 Å². The first kappa shape index (κ1) is 10.6. The highest BCUT2D eigenvalue weighted by atomic mass is 28.1. The van der Waals surface area contributed by atoms with Crippen LogP contribution in [0, 0.1) is 11.3 Å². The van der Waals surface area contributed by atoms with Crippen LogP contribution in [0.3, 0.4) is 0 Å². The van der Waals surface area contributed by atoms with Crippen LogP contribution in [0.5, 0.6) is 0 Å². The molecular formula is C6H13NO3Si. The molecule has 0 aromatic heterocycles. The SMILES string of the molecule is COC([SiH3])C(C#N)(OC)OC. The Morgan fingerprint density at radius 2 is 1.82 bits per heavy atom. The van der Waals surface area contributed by atoms with Gasteiger partial charge in [-0.15, -0.1) is 0 Å². The molecule has 64 valence electrons. The maximum absolute atomic E-state index is 8.72. The van der Waals surface area contributed by atoms with Gasteiger partial charge in [0.25, 0.3) is 5.79 Å². The molecule has 0 heterocycles. The summed E-state index contributed by atoms with van der Waals surface area (Å²) in [6.07, 6.45) is 0. The first-order valence-corrected chi connectivity index (χ1v) is 4.36. The Balaban J connectivity index is 4.43. The van der Waals surface area contributed by atoms with Crippen molar-refractivity contribution in [1.82, 2.24) is 0 Å². The van der Waals surface area contributed by atoms with Gasteiger partial charge in [-0.2, -0.15) is 5.26 Å². The zero-order chi connectivity index (χ0) is 8.91. The average molecular weight is 175 g/mol. The topological polar surface area (TPSA) is 51.5 Å². The molecule has 11 heavy (non-hydrogen) atoms. The highest BCUT2D eigenvalue weighted by Crippen LogP contribution is 2.15. The number of rotatable bonds is 4. The summed E-state index contributed by atoms with van der Waals surface area (Å²) < 4.78 is 14.8. The van der Waals surface area contributed by atoms with Gasteiger partial charge in [-0.25, -0.2) is 0 Å². The van der Waals surface area contributed by atoms with Crippen molar-refractivity contribution >= 4 is 10.2 Å². The summed E-state index contributed by atoms with van der Waals surface area (Å²) in [6, 6.07) is 1.93. The van der Waals surface area contributed by atoms with Crippen LogP contribution in [0.4, 0.5) is 0 Å². The van der Waals surface area contributed by atoms with Gasteiger partial charge in [-0.3, -0.25) is 0 Å². The van der Waals surface area contributed by atoms with E-state index in [0.29, 0.717) is 10.2 Å². The third-order valence-electron chi connectivity index (χ3n) is 1.65. The third-order valence-corrected chi connectivity index (χ3v) is 2.88. The molecule has 0 aromatic rings. The molecule has 0 spiro atoms. The predicted octanol–water partition coefficient (Wildman–Crippen LogP) is -1.16. The first-order valence-electron chi connectivity index (χ1n) is 3.21. The van der Waals surface area contributed by atoms with Crippen molar-refractivity contribution < 1.29 is 14.2 Å². The molecule has 0 bridgehead atoms. The number of nitriles is 1. The smallest absolute Gasteiger partial charge is 0.281 e. The van der Waals surface area contributed by atoms with Gasteiger partial charge in [0.2, 0.25) is 0 Å². The van der Waals surface area contributed by atoms with E-state index in [4.69, 9.17) is 19.5 Å². The van der Waals surface area contributed by atoms with Gasteiger partial charge < -0.3 is 14.2 Å². The van der Waals surface area contributed by atoms with Crippen molar-refractivity contribution in [3.05, 3.63) is 0 Å². The van der Waals surface area contributed by atoms with E-state index in [1.807, 2.05) is 6.07 Å². The van der Waals surface area contributed by atoms with E-state index in [9.17, 15) is 0 Å². The fourth-order valence-electron chi connectivity index (χ4n) is 0.753. The van der Waals surface area contributed by atoms with E-state index >= 15 is 0 Å². The molecule has 0 aliphatic carbocycles. The van der Waals surface area contributed by atoms with Crippen LogP contribution in [-0.2, 0) is 14.2 Å². The normalized spacial score (nSPS) is 14.4. The second-order valence-electron chi connectivity index (χ2n) is 2.07. The number of hydrogen-bond donors (Lipinski definition) is 0. The highest BCUT2D eigenvalue weighted by molar-refractivity contribution is 6.12. The maximum atomic E-state index is 8.72. The van der Waals surface area contributed by atoms with Gasteiger partial charge in [-0.05, 0) is 0 Å². The summed E-state index contributed by atoms with van der Waals surface area (Å²) in [7, 11) is 5.07. The Bertz CT molecular complexity index is 152. The summed E-state index contributed by atoms with van der Waals surface area (Å²) in [5.74, 6) is -1.22. The van der Waals surface area contributed by atoms with E-state index in [1.54, 1.807) is 0 Å². The van der Waals surface area contributed by atoms with E-state index in [0.717, 1.165) is 0 Å². The number of nitrogens with zero attached hydrogens (tertiary/aromatic N) is 1. The van der Waals surface area contributed by atoms with Gasteiger partial charge in [0.05, 0.1) is 0 Å². The molecule has 1 unspecified atom stereocenters. The molecular weight excluding hydrogens is 162 g/mol. The lowest BCUT2D eigenvalue weighted by Crippen LogP contribution is -2.46. The summed E-state index contributed by atoms with van der Waals surface area (Å²) in [5, 5.41) is 8.72. The molecule has 0 fully saturated rings. The Hall–Kier alpha value is -0.413. The molecule has 1 atom stereocenters. The summed E-state index contributed by atoms with van der Waals surface area (Å²) in [5.41, 5.74) is -0.275. The largest absolute Gasteiger partial charge is 0.379 e. The quantitative estimate of drug-likeness (QED) is 0.399. The second-order valence-corrected chi connectivity index (χ2v) is 3.11. The number of methoxy groups -OCH3 is 3. The Morgan fingerprint density at radius 1 is 1.36 bits per heavy atom. The van der Waals surface area contributed by atoms with Crippen molar-refractivity contribution in [2.24, 2.45) is 0 Å². The van der Waals surface area contributed by atoms with E-state index in [2.05, 4.69) is 0 Å². The lowest BCUT2D eigenvalue weighted by Gasteiger charge is -2.28. The van der Waals surface area contributed by atoms with Crippen LogP contribution in [0.25, 0.3) is 0 Å². The Kier molecular flexibility index (Phi) is 4.29. The molecule has 4 nitrogen and oxygen atoms in total. The van der Waals surface area contributed by atoms with Crippen molar-refractivity contribution in [2.75, 3.05) is 21.3 Å². The molecule has 0 rings (SSSR count). The van der Waals surface area contributed by atoms with E-state index < -0.39 is 5.79 Å². The van der Waals surface area contributed by atoms with Gasteiger partial charge in [0.15, 0.2) is 0 Å². The number of hydrogen-bond acceptors (Lipinski definition) is 4. The molecule has 0 amide bonds. The van der Waals surface area contributed by atoms with Crippen LogP contribution in [-0.4, -0.2) is 43.1 Å². The van der Waals surface area contributed by atoms with Crippen LogP contribution >= 0.6 is 0 Å². The first-order chi connectivity index (χ1) is 5.16. The lowest BCUT2D eigenvalue weighted by molar-refractivity contribution is -0.204. The maximum Gasteiger partial charge on any atom is 0.281 e. The van der Waals surface area contributed by atoms with Crippen molar-refractivity contribution in [3.63, 3.8) is 0 Å². The van der Waals surface area contributed by atoms with Crippen LogP contribution in [0.2, 0.25) is 0 Å². The highest BCUT2D eigenvalue weighted by Gasteiger charge is 2.36. The molecule has 0 radical (unpaired) electrons. The molecule has 0 saturated carbocycles. The minimum Gasteiger partial charge on any atom is -0.379 e. The monoisotopic (exact) mass is 175 g/mol. The zero-order valence-corrected chi connectivity index (χ0v) is 9.25. The van der Waals surface area contributed by atoms with Crippen molar-refractivity contribution in [2.45, 2.75) is 11.5 Å².